The Morgan fingerprint density at radius 3 is 2.67 bits per heavy atom. The van der Waals surface area contributed by atoms with Crippen molar-refractivity contribution in [1.29, 1.82) is 0 Å². The smallest absolute Gasteiger partial charge is 0.0797 e. The summed E-state index contributed by atoms with van der Waals surface area (Å²) in [4.78, 5) is 5.62. The first-order valence-electron chi connectivity index (χ1n) is 6.04. The van der Waals surface area contributed by atoms with Crippen molar-refractivity contribution in [2.45, 2.75) is 26.3 Å². The van der Waals surface area contributed by atoms with Gasteiger partial charge in [0.1, 0.15) is 0 Å². The second-order valence-corrected chi connectivity index (χ2v) is 5.71. The maximum absolute atomic E-state index is 5.88. The summed E-state index contributed by atoms with van der Waals surface area (Å²) >= 11 is 7.61. The number of aromatic nitrogens is 1. The van der Waals surface area contributed by atoms with E-state index in [1.165, 1.54) is 10.4 Å². The Morgan fingerprint density at radius 2 is 2.06 bits per heavy atom. The van der Waals surface area contributed by atoms with Gasteiger partial charge in [-0.15, -0.1) is 11.3 Å². The molecule has 1 heterocycles. The average Bonchev–Trinajstić information content (AvgIpc) is 2.76. The second kappa shape index (κ2) is 6.32. The fraction of sp³-hybridized carbons (Fsp3) is 0.357. The van der Waals surface area contributed by atoms with Gasteiger partial charge in [0.05, 0.1) is 11.2 Å². The van der Waals surface area contributed by atoms with Crippen molar-refractivity contribution in [3.8, 4) is 0 Å². The highest BCUT2D eigenvalue weighted by atomic mass is 35.5. The van der Waals surface area contributed by atoms with Crippen LogP contribution in [0.4, 0.5) is 0 Å². The zero-order chi connectivity index (χ0) is 13.0. The Morgan fingerprint density at radius 1 is 1.33 bits per heavy atom. The SMILES string of the molecule is Cc1ncsc1CCN[C@H](C)c1ccc(Cl)cc1. The van der Waals surface area contributed by atoms with E-state index in [0.29, 0.717) is 6.04 Å². The van der Waals surface area contributed by atoms with Crippen molar-refractivity contribution < 1.29 is 0 Å². The van der Waals surface area contributed by atoms with Gasteiger partial charge in [-0.3, -0.25) is 0 Å². The quantitative estimate of drug-likeness (QED) is 0.895. The van der Waals surface area contributed by atoms with E-state index in [-0.39, 0.29) is 0 Å². The molecule has 0 fully saturated rings. The molecule has 1 N–H and O–H groups in total. The predicted octanol–water partition coefficient (Wildman–Crippen LogP) is 4.00. The maximum atomic E-state index is 5.88. The number of hydrogen-bond donors (Lipinski definition) is 1. The Labute approximate surface area is 117 Å². The Hall–Kier alpha value is -0.900. The van der Waals surface area contributed by atoms with Crippen LogP contribution in [0.15, 0.2) is 29.8 Å². The van der Waals surface area contributed by atoms with E-state index < -0.39 is 0 Å². The van der Waals surface area contributed by atoms with Crippen LogP contribution in [-0.2, 0) is 6.42 Å². The third-order valence-electron chi connectivity index (χ3n) is 3.02. The molecule has 0 radical (unpaired) electrons. The lowest BCUT2D eigenvalue weighted by Gasteiger charge is -2.14. The minimum Gasteiger partial charge on any atom is -0.310 e. The summed E-state index contributed by atoms with van der Waals surface area (Å²) in [6, 6.07) is 8.34. The molecule has 2 nitrogen and oxygen atoms in total. The van der Waals surface area contributed by atoms with Crippen molar-refractivity contribution in [1.82, 2.24) is 10.3 Å². The van der Waals surface area contributed by atoms with Gasteiger partial charge in [0.15, 0.2) is 0 Å². The molecule has 2 rings (SSSR count). The first-order valence-corrected chi connectivity index (χ1v) is 7.30. The van der Waals surface area contributed by atoms with Crippen molar-refractivity contribution in [3.05, 3.63) is 50.9 Å². The third-order valence-corrected chi connectivity index (χ3v) is 4.26. The fourth-order valence-corrected chi connectivity index (χ4v) is 2.74. The van der Waals surface area contributed by atoms with E-state index in [4.69, 9.17) is 11.6 Å². The van der Waals surface area contributed by atoms with E-state index in [1.807, 2.05) is 17.6 Å². The van der Waals surface area contributed by atoms with E-state index >= 15 is 0 Å². The molecule has 0 amide bonds. The monoisotopic (exact) mass is 280 g/mol. The average molecular weight is 281 g/mol. The topological polar surface area (TPSA) is 24.9 Å². The molecule has 1 atom stereocenters. The van der Waals surface area contributed by atoms with E-state index in [9.17, 15) is 0 Å². The summed E-state index contributed by atoms with van der Waals surface area (Å²) in [6.07, 6.45) is 1.04. The number of rotatable bonds is 5. The van der Waals surface area contributed by atoms with Crippen LogP contribution in [0, 0.1) is 6.92 Å². The van der Waals surface area contributed by atoms with Gasteiger partial charge in [-0.05, 0) is 38.0 Å². The fourth-order valence-electron chi connectivity index (χ4n) is 1.84. The molecule has 0 spiro atoms. The molecule has 0 saturated heterocycles. The lowest BCUT2D eigenvalue weighted by molar-refractivity contribution is 0.578. The minimum absolute atomic E-state index is 0.343. The summed E-state index contributed by atoms with van der Waals surface area (Å²) < 4.78 is 0. The van der Waals surface area contributed by atoms with Gasteiger partial charge >= 0.3 is 0 Å². The number of aryl methyl sites for hydroxylation is 1. The normalized spacial score (nSPS) is 12.6. The first kappa shape index (κ1) is 13.5. The third kappa shape index (κ3) is 3.55. The highest BCUT2D eigenvalue weighted by molar-refractivity contribution is 7.09. The van der Waals surface area contributed by atoms with E-state index in [1.54, 1.807) is 11.3 Å². The molecular weight excluding hydrogens is 264 g/mol. The van der Waals surface area contributed by atoms with Crippen LogP contribution >= 0.6 is 22.9 Å². The molecule has 1 aromatic heterocycles. The minimum atomic E-state index is 0.343. The molecule has 0 saturated carbocycles. The number of benzene rings is 1. The summed E-state index contributed by atoms with van der Waals surface area (Å²) in [6.45, 7) is 5.20. The van der Waals surface area contributed by atoms with Gasteiger partial charge < -0.3 is 5.32 Å². The number of nitrogens with one attached hydrogen (secondary N) is 1. The zero-order valence-corrected chi connectivity index (χ0v) is 12.2. The van der Waals surface area contributed by atoms with Crippen molar-refractivity contribution in [2.24, 2.45) is 0 Å². The van der Waals surface area contributed by atoms with Crippen LogP contribution in [0.3, 0.4) is 0 Å². The van der Waals surface area contributed by atoms with Crippen LogP contribution in [-0.4, -0.2) is 11.5 Å². The Balaban J connectivity index is 1.83. The van der Waals surface area contributed by atoms with Crippen LogP contribution in [0.1, 0.15) is 29.1 Å². The van der Waals surface area contributed by atoms with Gasteiger partial charge in [-0.2, -0.15) is 0 Å². The van der Waals surface area contributed by atoms with E-state index in [2.05, 4.69) is 36.3 Å². The molecule has 0 aliphatic rings. The van der Waals surface area contributed by atoms with Gasteiger partial charge in [-0.25, -0.2) is 4.98 Å². The summed E-state index contributed by atoms with van der Waals surface area (Å²) in [5, 5.41) is 4.30. The number of thiazole rings is 1. The first-order chi connectivity index (χ1) is 8.66. The van der Waals surface area contributed by atoms with Crippen LogP contribution in [0.25, 0.3) is 0 Å². The molecule has 1 aromatic carbocycles. The van der Waals surface area contributed by atoms with Crippen LogP contribution in [0.2, 0.25) is 5.02 Å². The maximum Gasteiger partial charge on any atom is 0.0797 e. The van der Waals surface area contributed by atoms with Gasteiger partial charge in [0.2, 0.25) is 0 Å². The molecular formula is C14H17ClN2S. The van der Waals surface area contributed by atoms with Gasteiger partial charge in [0.25, 0.3) is 0 Å². The summed E-state index contributed by atoms with van der Waals surface area (Å²) in [7, 11) is 0. The molecule has 96 valence electrons. The van der Waals surface area contributed by atoms with Gasteiger partial charge in [-0.1, -0.05) is 23.7 Å². The zero-order valence-electron chi connectivity index (χ0n) is 10.6. The number of hydrogen-bond acceptors (Lipinski definition) is 3. The number of halogens is 1. The molecule has 0 aliphatic heterocycles. The molecule has 4 heteroatoms. The Kier molecular flexibility index (Phi) is 4.75. The molecule has 18 heavy (non-hydrogen) atoms. The van der Waals surface area contributed by atoms with Crippen LogP contribution in [0.5, 0.6) is 0 Å². The van der Waals surface area contributed by atoms with Crippen molar-refractivity contribution in [3.63, 3.8) is 0 Å². The molecule has 2 aromatic rings. The van der Waals surface area contributed by atoms with Crippen LogP contribution < -0.4 is 5.32 Å². The summed E-state index contributed by atoms with van der Waals surface area (Å²) in [5.41, 5.74) is 4.33. The standard InChI is InChI=1S/C14H17ClN2S/c1-10(12-3-5-13(15)6-4-12)16-8-7-14-11(2)17-9-18-14/h3-6,9-10,16H,7-8H2,1-2H3/t10-/m1/s1. The molecule has 0 unspecified atom stereocenters. The highest BCUT2D eigenvalue weighted by Gasteiger charge is 2.05. The lowest BCUT2D eigenvalue weighted by Crippen LogP contribution is -2.21. The second-order valence-electron chi connectivity index (χ2n) is 4.34. The van der Waals surface area contributed by atoms with E-state index in [0.717, 1.165) is 23.7 Å². The largest absolute Gasteiger partial charge is 0.310 e. The molecule has 0 bridgehead atoms. The van der Waals surface area contributed by atoms with Crippen molar-refractivity contribution >= 4 is 22.9 Å². The highest BCUT2D eigenvalue weighted by Crippen LogP contribution is 2.17. The lowest BCUT2D eigenvalue weighted by atomic mass is 10.1. The van der Waals surface area contributed by atoms with Gasteiger partial charge in [0, 0.05) is 22.5 Å². The summed E-state index contributed by atoms with van der Waals surface area (Å²) in [5.74, 6) is 0. The van der Waals surface area contributed by atoms with Crippen molar-refractivity contribution in [2.75, 3.05) is 6.54 Å². The molecule has 0 aliphatic carbocycles. The predicted molar refractivity (Wildman–Crippen MR) is 78.4 cm³/mol. The Bertz CT molecular complexity index is 493. The number of nitrogens with zero attached hydrogens (tertiary/aromatic N) is 1.